The van der Waals surface area contributed by atoms with E-state index in [-0.39, 0.29) is 5.88 Å². The molecular formula is C6H6N2O4P+. The zero-order valence-electron chi connectivity index (χ0n) is 6.71. The Morgan fingerprint density at radius 3 is 2.85 bits per heavy atom. The fraction of sp³-hybridized carbons (Fsp3) is 0.167. The Bertz CT molecular complexity index is 316. The maximum Gasteiger partial charge on any atom is 0.810 e. The van der Waals surface area contributed by atoms with Crippen LogP contribution < -0.4 is 4.52 Å². The van der Waals surface area contributed by atoms with Gasteiger partial charge in [-0.05, 0) is 0 Å². The third-order valence-electron chi connectivity index (χ3n) is 0.911. The second-order valence-electron chi connectivity index (χ2n) is 1.94. The first-order valence-corrected chi connectivity index (χ1v) is 4.38. The van der Waals surface area contributed by atoms with Crippen LogP contribution in [0.2, 0.25) is 0 Å². The summed E-state index contributed by atoms with van der Waals surface area (Å²) in [5.41, 5.74) is 0. The number of nitrogens with zero attached hydrogens (tertiary/aromatic N) is 2. The predicted octanol–water partition coefficient (Wildman–Crippen LogP) is 1.08. The molecule has 1 atom stereocenters. The fourth-order valence-corrected chi connectivity index (χ4v) is 1.03. The van der Waals surface area contributed by atoms with Crippen molar-refractivity contribution in [2.75, 3.05) is 0 Å². The molecule has 0 radical (unpaired) electrons. The highest BCUT2D eigenvalue weighted by Gasteiger charge is 2.26. The minimum absolute atomic E-state index is 0.0462. The third-order valence-corrected chi connectivity index (χ3v) is 1.65. The van der Waals surface area contributed by atoms with Crippen LogP contribution in [0.5, 0.6) is 5.88 Å². The van der Waals surface area contributed by atoms with Gasteiger partial charge in [-0.2, -0.15) is 9.05 Å². The summed E-state index contributed by atoms with van der Waals surface area (Å²) < 4.78 is 19.7. The molecule has 0 bridgehead atoms. The first-order chi connectivity index (χ1) is 6.18. The Kier molecular flexibility index (Phi) is 3.28. The van der Waals surface area contributed by atoms with E-state index in [1.54, 1.807) is 0 Å². The summed E-state index contributed by atoms with van der Waals surface area (Å²) in [5.74, 6) is -0.630. The lowest BCUT2D eigenvalue weighted by Crippen LogP contribution is -1.94. The van der Waals surface area contributed by atoms with E-state index in [4.69, 9.17) is 0 Å². The van der Waals surface area contributed by atoms with Gasteiger partial charge in [0.15, 0.2) is 0 Å². The van der Waals surface area contributed by atoms with Gasteiger partial charge in [-0.3, -0.25) is 4.98 Å². The van der Waals surface area contributed by atoms with E-state index in [0.29, 0.717) is 0 Å². The maximum absolute atomic E-state index is 10.8. The van der Waals surface area contributed by atoms with Crippen LogP contribution in [0.15, 0.2) is 18.6 Å². The van der Waals surface area contributed by atoms with Crippen molar-refractivity contribution in [3.8, 4) is 5.88 Å². The zero-order chi connectivity index (χ0) is 9.68. The molecule has 1 rings (SSSR count). The van der Waals surface area contributed by atoms with Gasteiger partial charge >= 0.3 is 14.2 Å². The molecular weight excluding hydrogens is 195 g/mol. The van der Waals surface area contributed by atoms with Crippen molar-refractivity contribution in [3.05, 3.63) is 18.6 Å². The normalized spacial score (nSPS) is 10.4. The molecule has 1 unspecified atom stereocenters. The van der Waals surface area contributed by atoms with Crippen molar-refractivity contribution in [1.29, 1.82) is 0 Å². The number of rotatable bonds is 3. The molecule has 6 nitrogen and oxygen atoms in total. The highest BCUT2D eigenvalue weighted by molar-refractivity contribution is 7.34. The molecule has 0 amide bonds. The van der Waals surface area contributed by atoms with E-state index in [1.165, 1.54) is 18.6 Å². The summed E-state index contributed by atoms with van der Waals surface area (Å²) >= 11 is 0. The molecule has 68 valence electrons. The molecule has 1 aromatic rings. The lowest BCUT2D eigenvalue weighted by Gasteiger charge is -1.87. The third kappa shape index (κ3) is 3.57. The molecule has 0 aliphatic heterocycles. The van der Waals surface area contributed by atoms with E-state index in [1.807, 2.05) is 0 Å². The average molecular weight is 201 g/mol. The zero-order valence-corrected chi connectivity index (χ0v) is 7.60. The second kappa shape index (κ2) is 4.47. The Morgan fingerprint density at radius 1 is 1.54 bits per heavy atom. The number of hydrogen-bond acceptors (Lipinski definition) is 6. The fourth-order valence-electron chi connectivity index (χ4n) is 0.533. The number of carbonyl (C=O) groups is 1. The van der Waals surface area contributed by atoms with E-state index >= 15 is 0 Å². The van der Waals surface area contributed by atoms with Gasteiger partial charge in [0.1, 0.15) is 0 Å². The summed E-state index contributed by atoms with van der Waals surface area (Å²) in [6.07, 6.45) is 4.06. The van der Waals surface area contributed by atoms with Crippen LogP contribution in [0.4, 0.5) is 0 Å². The monoisotopic (exact) mass is 201 g/mol. The predicted molar refractivity (Wildman–Crippen MR) is 42.0 cm³/mol. The van der Waals surface area contributed by atoms with Gasteiger partial charge < -0.3 is 0 Å². The van der Waals surface area contributed by atoms with E-state index in [0.717, 1.165) is 6.92 Å². The van der Waals surface area contributed by atoms with E-state index < -0.39 is 14.2 Å². The standard InChI is InChI=1S/C6H6N2O4P/c1-5(9)11-13(10)12-6-4-7-2-3-8-6/h2-4H,1H3/q+1. The van der Waals surface area contributed by atoms with Crippen molar-refractivity contribution in [2.45, 2.75) is 6.92 Å². The first-order valence-electron chi connectivity index (χ1n) is 3.28. The van der Waals surface area contributed by atoms with Crippen LogP contribution in [0.1, 0.15) is 6.92 Å². The highest BCUT2D eigenvalue weighted by Crippen LogP contribution is 2.25. The lowest BCUT2D eigenvalue weighted by molar-refractivity contribution is -0.131. The Morgan fingerprint density at radius 2 is 2.31 bits per heavy atom. The topological polar surface area (TPSA) is 78.4 Å². The van der Waals surface area contributed by atoms with Gasteiger partial charge in [-0.15, -0.1) is 0 Å². The minimum atomic E-state index is -2.50. The lowest BCUT2D eigenvalue weighted by atomic mass is 10.7. The molecule has 7 heteroatoms. The van der Waals surface area contributed by atoms with Crippen LogP contribution in [0.3, 0.4) is 0 Å². The molecule has 0 fully saturated rings. The van der Waals surface area contributed by atoms with Gasteiger partial charge in [-0.1, -0.05) is 0 Å². The molecule has 0 spiro atoms. The quantitative estimate of drug-likeness (QED) is 0.680. The Labute approximate surface area is 74.9 Å². The van der Waals surface area contributed by atoms with E-state index in [9.17, 15) is 9.36 Å². The van der Waals surface area contributed by atoms with Crippen molar-refractivity contribution in [3.63, 3.8) is 0 Å². The van der Waals surface area contributed by atoms with Crippen LogP contribution in [-0.4, -0.2) is 15.9 Å². The maximum atomic E-state index is 10.8. The summed E-state index contributed by atoms with van der Waals surface area (Å²) in [5, 5.41) is 0. The van der Waals surface area contributed by atoms with Crippen molar-refractivity contribution >= 4 is 14.2 Å². The van der Waals surface area contributed by atoms with Gasteiger partial charge in [-0.25, -0.2) is 9.78 Å². The average Bonchev–Trinajstić information content (AvgIpc) is 2.04. The Hall–Kier alpha value is -1.55. The summed E-state index contributed by atoms with van der Waals surface area (Å²) in [6, 6.07) is 0. The molecule has 1 heterocycles. The SMILES string of the molecule is CC(=O)O[P+](=O)Oc1cnccn1. The molecule has 0 saturated heterocycles. The molecule has 0 aliphatic carbocycles. The van der Waals surface area contributed by atoms with E-state index in [2.05, 4.69) is 19.0 Å². The number of aromatic nitrogens is 2. The van der Waals surface area contributed by atoms with Crippen LogP contribution in [0, 0.1) is 0 Å². The van der Waals surface area contributed by atoms with Gasteiger partial charge in [0, 0.05) is 23.9 Å². The van der Waals surface area contributed by atoms with Crippen LogP contribution in [-0.2, 0) is 13.9 Å². The molecule has 0 aliphatic rings. The first kappa shape index (κ1) is 9.54. The summed E-state index contributed by atoms with van der Waals surface area (Å²) in [4.78, 5) is 17.6. The van der Waals surface area contributed by atoms with Gasteiger partial charge in [0.25, 0.3) is 5.88 Å². The number of carbonyl (C=O) groups excluding carboxylic acids is 1. The van der Waals surface area contributed by atoms with Crippen molar-refractivity contribution in [2.24, 2.45) is 0 Å². The largest absolute Gasteiger partial charge is 0.810 e. The molecule has 0 aromatic carbocycles. The number of hydrogen-bond donors (Lipinski definition) is 0. The van der Waals surface area contributed by atoms with Gasteiger partial charge in [0.2, 0.25) is 0 Å². The van der Waals surface area contributed by atoms with Crippen molar-refractivity contribution in [1.82, 2.24) is 9.97 Å². The second-order valence-corrected chi connectivity index (χ2v) is 2.75. The van der Waals surface area contributed by atoms with Crippen molar-refractivity contribution < 1.29 is 18.4 Å². The van der Waals surface area contributed by atoms with Crippen LogP contribution in [0.25, 0.3) is 0 Å². The molecule has 0 N–H and O–H groups in total. The Balaban J connectivity index is 2.50. The smallest absolute Gasteiger partial charge is 0.257 e. The molecule has 1 aromatic heterocycles. The van der Waals surface area contributed by atoms with Gasteiger partial charge in [0.05, 0.1) is 6.20 Å². The molecule has 0 saturated carbocycles. The summed E-state index contributed by atoms with van der Waals surface area (Å²) in [6.45, 7) is 1.13. The summed E-state index contributed by atoms with van der Waals surface area (Å²) in [7, 11) is -2.50. The highest BCUT2D eigenvalue weighted by atomic mass is 31.1. The minimum Gasteiger partial charge on any atom is -0.257 e. The molecule has 13 heavy (non-hydrogen) atoms. The van der Waals surface area contributed by atoms with Crippen LogP contribution >= 0.6 is 8.25 Å².